The molecule has 1 aromatic rings. The van der Waals surface area contributed by atoms with Crippen LogP contribution >= 0.6 is 0 Å². The minimum atomic E-state index is -2.89. The monoisotopic (exact) mass is 298 g/mol. The highest BCUT2D eigenvalue weighted by molar-refractivity contribution is 5.79. The molecule has 1 amide bonds. The molecule has 6 heteroatoms. The van der Waals surface area contributed by atoms with Crippen molar-refractivity contribution in [3.05, 3.63) is 29.8 Å². The van der Waals surface area contributed by atoms with Gasteiger partial charge in [-0.05, 0) is 32.4 Å². The van der Waals surface area contributed by atoms with Crippen molar-refractivity contribution in [2.45, 2.75) is 44.9 Å². The smallest absolute Gasteiger partial charge is 0.387 e. The Morgan fingerprint density at radius 2 is 2.24 bits per heavy atom. The van der Waals surface area contributed by atoms with Crippen molar-refractivity contribution in [3.63, 3.8) is 0 Å². The van der Waals surface area contributed by atoms with Gasteiger partial charge in [0.15, 0.2) is 0 Å². The van der Waals surface area contributed by atoms with Crippen LogP contribution in [0.4, 0.5) is 8.78 Å². The van der Waals surface area contributed by atoms with Crippen molar-refractivity contribution in [3.8, 4) is 5.75 Å². The third kappa shape index (κ3) is 4.67. The zero-order valence-corrected chi connectivity index (χ0v) is 11.9. The van der Waals surface area contributed by atoms with E-state index < -0.39 is 6.61 Å². The van der Waals surface area contributed by atoms with Gasteiger partial charge in [-0.3, -0.25) is 4.79 Å². The number of hydrogen-bond acceptors (Lipinski definition) is 3. The van der Waals surface area contributed by atoms with E-state index in [1.54, 1.807) is 18.2 Å². The molecule has 2 atom stereocenters. The third-order valence-corrected chi connectivity index (χ3v) is 3.65. The molecule has 0 spiro atoms. The molecule has 1 heterocycles. The van der Waals surface area contributed by atoms with E-state index in [4.69, 9.17) is 0 Å². The molecule has 1 aliphatic rings. The molecular formula is C15H20F2N2O2. The van der Waals surface area contributed by atoms with Crippen molar-refractivity contribution in [1.29, 1.82) is 0 Å². The van der Waals surface area contributed by atoms with Gasteiger partial charge in [-0.25, -0.2) is 0 Å². The molecule has 4 nitrogen and oxygen atoms in total. The Hall–Kier alpha value is -1.69. The normalized spacial score (nSPS) is 22.1. The third-order valence-electron chi connectivity index (χ3n) is 3.65. The number of carbonyl (C=O) groups excluding carboxylic acids is 1. The molecule has 0 aliphatic carbocycles. The van der Waals surface area contributed by atoms with Gasteiger partial charge in [0.25, 0.3) is 0 Å². The van der Waals surface area contributed by atoms with Gasteiger partial charge in [-0.2, -0.15) is 8.78 Å². The van der Waals surface area contributed by atoms with E-state index in [1.165, 1.54) is 6.07 Å². The highest BCUT2D eigenvalue weighted by atomic mass is 19.3. The highest BCUT2D eigenvalue weighted by Gasteiger charge is 2.22. The van der Waals surface area contributed by atoms with Crippen molar-refractivity contribution >= 4 is 5.91 Å². The van der Waals surface area contributed by atoms with Gasteiger partial charge in [-0.15, -0.1) is 0 Å². The van der Waals surface area contributed by atoms with Crippen LogP contribution in [0.15, 0.2) is 24.3 Å². The SMILES string of the molecule is CC1NCCCC1NC(=O)Cc1ccccc1OC(F)F. The number of ether oxygens (including phenoxy) is 1. The predicted molar refractivity (Wildman–Crippen MR) is 75.4 cm³/mol. The fourth-order valence-corrected chi connectivity index (χ4v) is 2.53. The summed E-state index contributed by atoms with van der Waals surface area (Å²) >= 11 is 0. The van der Waals surface area contributed by atoms with E-state index in [2.05, 4.69) is 15.4 Å². The Morgan fingerprint density at radius 1 is 1.48 bits per heavy atom. The number of rotatable bonds is 5. The number of amides is 1. The Balaban J connectivity index is 1.96. The minimum absolute atomic E-state index is 0.0338. The van der Waals surface area contributed by atoms with Crippen molar-refractivity contribution < 1.29 is 18.3 Å². The highest BCUT2D eigenvalue weighted by Crippen LogP contribution is 2.21. The Bertz CT molecular complexity index is 482. The van der Waals surface area contributed by atoms with Gasteiger partial charge >= 0.3 is 6.61 Å². The van der Waals surface area contributed by atoms with Crippen molar-refractivity contribution in [2.75, 3.05) is 6.54 Å². The van der Waals surface area contributed by atoms with E-state index in [0.29, 0.717) is 5.56 Å². The van der Waals surface area contributed by atoms with Crippen LogP contribution in [-0.4, -0.2) is 31.1 Å². The summed E-state index contributed by atoms with van der Waals surface area (Å²) in [7, 11) is 0. The number of benzene rings is 1. The molecule has 1 saturated heterocycles. The number of carbonyl (C=O) groups is 1. The van der Waals surface area contributed by atoms with Gasteiger partial charge in [0.1, 0.15) is 5.75 Å². The molecule has 2 N–H and O–H groups in total. The minimum Gasteiger partial charge on any atom is -0.435 e. The fraction of sp³-hybridized carbons (Fsp3) is 0.533. The van der Waals surface area contributed by atoms with Gasteiger partial charge in [0.05, 0.1) is 6.42 Å². The van der Waals surface area contributed by atoms with Gasteiger partial charge in [-0.1, -0.05) is 18.2 Å². The summed E-state index contributed by atoms with van der Waals surface area (Å²) < 4.78 is 29.1. The molecule has 1 aromatic carbocycles. The molecule has 1 aliphatic heterocycles. The number of alkyl halides is 2. The molecule has 0 radical (unpaired) electrons. The number of nitrogens with one attached hydrogen (secondary N) is 2. The van der Waals surface area contributed by atoms with Crippen LogP contribution in [0.25, 0.3) is 0 Å². The van der Waals surface area contributed by atoms with Crippen LogP contribution < -0.4 is 15.4 Å². The van der Waals surface area contributed by atoms with Crippen LogP contribution in [0.2, 0.25) is 0 Å². The molecule has 2 rings (SSSR count). The number of para-hydroxylation sites is 1. The standard InChI is InChI=1S/C15H20F2N2O2/c1-10-12(6-4-8-18-10)19-14(20)9-11-5-2-3-7-13(11)21-15(16)17/h2-3,5,7,10,12,15,18H,4,6,8-9H2,1H3,(H,19,20). The van der Waals surface area contributed by atoms with Gasteiger partial charge in [0.2, 0.25) is 5.91 Å². The van der Waals surface area contributed by atoms with Crippen molar-refractivity contribution in [2.24, 2.45) is 0 Å². The maximum Gasteiger partial charge on any atom is 0.387 e. The summed E-state index contributed by atoms with van der Waals surface area (Å²) in [5.74, 6) is -0.127. The lowest BCUT2D eigenvalue weighted by atomic mass is 9.99. The molecular weight excluding hydrogens is 278 g/mol. The molecule has 0 aromatic heterocycles. The first kappa shape index (κ1) is 15.7. The molecule has 2 unspecified atom stereocenters. The Kier molecular flexibility index (Phi) is 5.50. The number of hydrogen-bond donors (Lipinski definition) is 2. The van der Waals surface area contributed by atoms with E-state index in [-0.39, 0.29) is 30.2 Å². The first-order valence-electron chi connectivity index (χ1n) is 7.11. The maximum absolute atomic E-state index is 12.3. The summed E-state index contributed by atoms with van der Waals surface area (Å²) in [5.41, 5.74) is 0.465. The van der Waals surface area contributed by atoms with Crippen LogP contribution in [0.1, 0.15) is 25.3 Å². The first-order chi connectivity index (χ1) is 10.1. The quantitative estimate of drug-likeness (QED) is 0.875. The second-order valence-electron chi connectivity index (χ2n) is 5.22. The lowest BCUT2D eigenvalue weighted by molar-refractivity contribution is -0.121. The lowest BCUT2D eigenvalue weighted by Gasteiger charge is -2.30. The first-order valence-corrected chi connectivity index (χ1v) is 7.11. The van der Waals surface area contributed by atoms with Crippen LogP contribution in [-0.2, 0) is 11.2 Å². The van der Waals surface area contributed by atoms with Crippen LogP contribution in [0.3, 0.4) is 0 Å². The second-order valence-corrected chi connectivity index (χ2v) is 5.22. The van der Waals surface area contributed by atoms with Crippen LogP contribution in [0, 0.1) is 0 Å². The lowest BCUT2D eigenvalue weighted by Crippen LogP contribution is -2.52. The summed E-state index contributed by atoms with van der Waals surface area (Å²) in [4.78, 5) is 12.1. The average molecular weight is 298 g/mol. The Labute approximate surface area is 122 Å². The molecule has 116 valence electrons. The van der Waals surface area contributed by atoms with E-state index >= 15 is 0 Å². The molecule has 1 fully saturated rings. The van der Waals surface area contributed by atoms with E-state index in [1.807, 2.05) is 6.92 Å². The summed E-state index contributed by atoms with van der Waals surface area (Å²) in [6, 6.07) is 6.67. The predicted octanol–water partition coefficient (Wildman–Crippen LogP) is 2.09. The van der Waals surface area contributed by atoms with Gasteiger partial charge in [0, 0.05) is 17.6 Å². The molecule has 21 heavy (non-hydrogen) atoms. The number of piperidine rings is 1. The molecule has 0 bridgehead atoms. The topological polar surface area (TPSA) is 50.4 Å². The largest absolute Gasteiger partial charge is 0.435 e. The average Bonchev–Trinajstić information content (AvgIpc) is 2.43. The summed E-state index contributed by atoms with van der Waals surface area (Å²) in [6.07, 6.45) is 1.97. The second kappa shape index (κ2) is 7.36. The summed E-state index contributed by atoms with van der Waals surface area (Å²) in [6.45, 7) is 0.0908. The summed E-state index contributed by atoms with van der Waals surface area (Å²) in [5, 5.41) is 6.25. The van der Waals surface area contributed by atoms with E-state index in [0.717, 1.165) is 19.4 Å². The molecule has 0 saturated carbocycles. The van der Waals surface area contributed by atoms with E-state index in [9.17, 15) is 13.6 Å². The zero-order chi connectivity index (χ0) is 15.2. The fourth-order valence-electron chi connectivity index (χ4n) is 2.53. The van der Waals surface area contributed by atoms with Gasteiger partial charge < -0.3 is 15.4 Å². The van der Waals surface area contributed by atoms with Crippen LogP contribution in [0.5, 0.6) is 5.75 Å². The Morgan fingerprint density at radius 3 is 2.95 bits per heavy atom. The zero-order valence-electron chi connectivity index (χ0n) is 11.9. The number of halogens is 2. The van der Waals surface area contributed by atoms with Crippen molar-refractivity contribution in [1.82, 2.24) is 10.6 Å². The maximum atomic E-state index is 12.3.